The number of carbonyl (C=O) groups is 1. The van der Waals surface area contributed by atoms with Gasteiger partial charge < -0.3 is 19.6 Å². The molecule has 5 heterocycles. The first kappa shape index (κ1) is 26.2. The second-order valence-corrected chi connectivity index (χ2v) is 11.7. The lowest BCUT2D eigenvalue weighted by Crippen LogP contribution is -2.44. The Morgan fingerprint density at radius 1 is 1.11 bits per heavy atom. The van der Waals surface area contributed by atoms with Crippen LogP contribution < -0.4 is 10.9 Å². The summed E-state index contributed by atoms with van der Waals surface area (Å²) in [7, 11) is 0. The highest BCUT2D eigenvalue weighted by Crippen LogP contribution is 2.32. The molecule has 3 aromatic heterocycles. The summed E-state index contributed by atoms with van der Waals surface area (Å²) >= 11 is 3.64. The largest absolute Gasteiger partial charge is 0.348 e. The number of aromatic nitrogens is 2. The Morgan fingerprint density at radius 2 is 1.81 bits per heavy atom. The van der Waals surface area contributed by atoms with Crippen molar-refractivity contribution in [3.8, 4) is 0 Å². The van der Waals surface area contributed by atoms with Crippen molar-refractivity contribution < 1.29 is 4.79 Å². The molecular formula is C29H38BrN5O2. The van der Waals surface area contributed by atoms with Crippen LogP contribution in [0.5, 0.6) is 0 Å². The number of hydrogen-bond acceptors (Lipinski definition) is 4. The molecule has 2 saturated heterocycles. The van der Waals surface area contributed by atoms with Gasteiger partial charge in [-0.05, 0) is 112 Å². The van der Waals surface area contributed by atoms with Gasteiger partial charge in [0.1, 0.15) is 0 Å². The van der Waals surface area contributed by atoms with Crippen molar-refractivity contribution in [1.82, 2.24) is 24.5 Å². The molecule has 7 nitrogen and oxygen atoms in total. The molecule has 198 valence electrons. The van der Waals surface area contributed by atoms with Gasteiger partial charge in [-0.1, -0.05) is 0 Å². The van der Waals surface area contributed by atoms with Gasteiger partial charge in [-0.15, -0.1) is 0 Å². The Balaban J connectivity index is 1.39. The maximum atomic E-state index is 13.5. The fourth-order valence-electron chi connectivity index (χ4n) is 6.37. The van der Waals surface area contributed by atoms with Crippen LogP contribution in [0.4, 0.5) is 0 Å². The Morgan fingerprint density at radius 3 is 2.49 bits per heavy atom. The quantitative estimate of drug-likeness (QED) is 0.446. The van der Waals surface area contributed by atoms with Crippen molar-refractivity contribution >= 4 is 27.4 Å². The third-order valence-corrected chi connectivity index (χ3v) is 8.85. The van der Waals surface area contributed by atoms with E-state index in [1.54, 1.807) is 0 Å². The number of aromatic amines is 1. The number of nitrogens with zero attached hydrogens (tertiary/aromatic N) is 3. The van der Waals surface area contributed by atoms with E-state index in [1.165, 1.54) is 38.8 Å². The van der Waals surface area contributed by atoms with Crippen molar-refractivity contribution in [2.75, 3.05) is 26.2 Å². The van der Waals surface area contributed by atoms with Gasteiger partial charge in [0.2, 0.25) is 0 Å². The number of halogens is 1. The molecule has 2 fully saturated rings. The average Bonchev–Trinajstić information content (AvgIpc) is 3.52. The van der Waals surface area contributed by atoms with Gasteiger partial charge in [0.05, 0.1) is 0 Å². The first-order chi connectivity index (χ1) is 17.7. The van der Waals surface area contributed by atoms with E-state index in [0.717, 1.165) is 45.6 Å². The van der Waals surface area contributed by atoms with Gasteiger partial charge in [-0.25, -0.2) is 0 Å². The standard InChI is InChI=1S/C29H38BrN5O2/c1-18-13-19(2)32-29(37)26(18)16-31-28(36)25-15-24-14-22(30)17-35(24)27(20(25)3)21(4)33-11-7-23(8-12-33)34-9-5-6-10-34/h13-15,17,21,23H,5-12,16H2,1-4H3,(H,31,36)(H,32,37). The zero-order valence-corrected chi connectivity index (χ0v) is 24.0. The highest BCUT2D eigenvalue weighted by Gasteiger charge is 2.30. The van der Waals surface area contributed by atoms with E-state index in [2.05, 4.69) is 66.5 Å². The lowest BCUT2D eigenvalue weighted by atomic mass is 9.97. The van der Waals surface area contributed by atoms with Crippen molar-refractivity contribution in [2.45, 2.75) is 72.0 Å². The van der Waals surface area contributed by atoms with Gasteiger partial charge in [0.25, 0.3) is 11.5 Å². The summed E-state index contributed by atoms with van der Waals surface area (Å²) in [6.45, 7) is 12.9. The van der Waals surface area contributed by atoms with Gasteiger partial charge in [-0.2, -0.15) is 0 Å². The van der Waals surface area contributed by atoms with E-state index in [9.17, 15) is 9.59 Å². The predicted molar refractivity (Wildman–Crippen MR) is 151 cm³/mol. The van der Waals surface area contributed by atoms with Crippen LogP contribution in [-0.2, 0) is 6.54 Å². The number of piperidine rings is 1. The molecule has 0 saturated carbocycles. The number of rotatable bonds is 6. The summed E-state index contributed by atoms with van der Waals surface area (Å²) in [5, 5.41) is 3.01. The third-order valence-electron chi connectivity index (χ3n) is 8.42. The summed E-state index contributed by atoms with van der Waals surface area (Å²) in [5.41, 5.74) is 5.93. The zero-order chi connectivity index (χ0) is 26.3. The second-order valence-electron chi connectivity index (χ2n) is 10.8. The number of carbonyl (C=O) groups excluding carboxylic acids is 1. The first-order valence-corrected chi connectivity index (χ1v) is 14.3. The lowest BCUT2D eigenvalue weighted by molar-refractivity contribution is 0.0946. The molecule has 1 atom stereocenters. The summed E-state index contributed by atoms with van der Waals surface area (Å²) in [4.78, 5) is 34.0. The Bertz CT molecular complexity index is 1360. The summed E-state index contributed by atoms with van der Waals surface area (Å²) in [6.07, 6.45) is 7.17. The van der Waals surface area contributed by atoms with Gasteiger partial charge in [-0.3, -0.25) is 14.5 Å². The van der Waals surface area contributed by atoms with E-state index >= 15 is 0 Å². The van der Waals surface area contributed by atoms with Crippen molar-refractivity contribution in [3.63, 3.8) is 0 Å². The maximum Gasteiger partial charge on any atom is 0.253 e. The van der Waals surface area contributed by atoms with Crippen LogP contribution in [0.1, 0.15) is 77.1 Å². The van der Waals surface area contributed by atoms with E-state index in [-0.39, 0.29) is 24.1 Å². The predicted octanol–water partition coefficient (Wildman–Crippen LogP) is 4.87. The smallest absolute Gasteiger partial charge is 0.253 e. The first-order valence-electron chi connectivity index (χ1n) is 13.5. The molecule has 8 heteroatoms. The van der Waals surface area contributed by atoms with E-state index in [0.29, 0.717) is 17.2 Å². The molecular weight excluding hydrogens is 530 g/mol. The fourth-order valence-corrected chi connectivity index (χ4v) is 6.81. The number of H-pyrrole nitrogens is 1. The van der Waals surface area contributed by atoms with Crippen LogP contribution in [0.25, 0.3) is 5.52 Å². The van der Waals surface area contributed by atoms with E-state index < -0.39 is 0 Å². The molecule has 0 aliphatic carbocycles. The second kappa shape index (κ2) is 10.8. The highest BCUT2D eigenvalue weighted by molar-refractivity contribution is 9.10. The van der Waals surface area contributed by atoms with Crippen molar-refractivity contribution in [1.29, 1.82) is 0 Å². The third kappa shape index (κ3) is 5.29. The van der Waals surface area contributed by atoms with Crippen LogP contribution in [0.3, 0.4) is 0 Å². The Kier molecular flexibility index (Phi) is 7.61. The SMILES string of the molecule is Cc1cc(C)c(CNC(=O)c2cc3cc(Br)cn3c(C(C)N3CCC(N4CCCC4)CC3)c2C)c(=O)[nH]1. The number of fused-ring (bicyclic) bond motifs is 1. The molecule has 2 aliphatic rings. The number of nitrogens with one attached hydrogen (secondary N) is 2. The van der Waals surface area contributed by atoms with Gasteiger partial charge >= 0.3 is 0 Å². The molecule has 0 radical (unpaired) electrons. The molecule has 3 aromatic rings. The Hall–Kier alpha value is -2.42. The number of pyridine rings is 2. The van der Waals surface area contributed by atoms with Crippen LogP contribution in [0.2, 0.25) is 0 Å². The molecule has 0 aromatic carbocycles. The molecule has 5 rings (SSSR count). The minimum absolute atomic E-state index is 0.146. The topological polar surface area (TPSA) is 72.9 Å². The molecule has 2 N–H and O–H groups in total. The maximum absolute atomic E-state index is 13.5. The fraction of sp³-hybridized carbons (Fsp3) is 0.517. The summed E-state index contributed by atoms with van der Waals surface area (Å²) in [6, 6.07) is 6.83. The normalized spacial score (nSPS) is 18.5. The number of amides is 1. The molecule has 1 unspecified atom stereocenters. The van der Waals surface area contributed by atoms with E-state index in [4.69, 9.17) is 0 Å². The molecule has 1 amide bonds. The molecule has 0 bridgehead atoms. The Labute approximate surface area is 227 Å². The van der Waals surface area contributed by atoms with E-state index in [1.807, 2.05) is 26.0 Å². The number of likely N-dealkylation sites (tertiary alicyclic amines) is 2. The average molecular weight is 569 g/mol. The van der Waals surface area contributed by atoms with Crippen LogP contribution in [-0.4, -0.2) is 57.3 Å². The van der Waals surface area contributed by atoms with Gasteiger partial charge in [0.15, 0.2) is 0 Å². The van der Waals surface area contributed by atoms with Gasteiger partial charge in [0, 0.05) is 70.4 Å². The summed E-state index contributed by atoms with van der Waals surface area (Å²) in [5.74, 6) is -0.155. The minimum atomic E-state index is -0.155. The molecule has 2 aliphatic heterocycles. The number of hydrogen-bond donors (Lipinski definition) is 2. The van der Waals surface area contributed by atoms with Crippen molar-refractivity contribution in [3.05, 3.63) is 72.9 Å². The lowest BCUT2D eigenvalue weighted by Gasteiger charge is -2.40. The van der Waals surface area contributed by atoms with Crippen LogP contribution in [0, 0.1) is 20.8 Å². The van der Waals surface area contributed by atoms with Crippen LogP contribution in [0.15, 0.2) is 33.7 Å². The minimum Gasteiger partial charge on any atom is -0.348 e. The summed E-state index contributed by atoms with van der Waals surface area (Å²) < 4.78 is 3.22. The van der Waals surface area contributed by atoms with Crippen molar-refractivity contribution in [2.24, 2.45) is 0 Å². The zero-order valence-electron chi connectivity index (χ0n) is 22.4. The monoisotopic (exact) mass is 567 g/mol. The highest BCUT2D eigenvalue weighted by atomic mass is 79.9. The van der Waals surface area contributed by atoms with Crippen LogP contribution >= 0.6 is 15.9 Å². The molecule has 0 spiro atoms. The number of aryl methyl sites for hydroxylation is 2. The molecule has 37 heavy (non-hydrogen) atoms.